The molecule has 9 heteroatoms. The van der Waals surface area contributed by atoms with E-state index in [9.17, 15) is 18.0 Å². The summed E-state index contributed by atoms with van der Waals surface area (Å²) in [5, 5.41) is 12.2. The molecular weight excluding hydrogens is 464 g/mol. The minimum atomic E-state index is -4.05. The molecule has 0 saturated carbocycles. The van der Waals surface area contributed by atoms with Gasteiger partial charge in [-0.1, -0.05) is 41.4 Å². The summed E-state index contributed by atoms with van der Waals surface area (Å²) >= 11 is 6.04. The van der Waals surface area contributed by atoms with Gasteiger partial charge in [0.05, 0.1) is 16.1 Å². The van der Waals surface area contributed by atoms with E-state index in [1.54, 1.807) is 49.4 Å². The average molecular weight is 487 g/mol. The van der Waals surface area contributed by atoms with Crippen LogP contribution < -0.4 is 9.62 Å². The number of benzene rings is 3. The molecule has 0 aliphatic heterocycles. The molecule has 0 spiro atoms. The number of nitrogens with one attached hydrogen (secondary N) is 1. The van der Waals surface area contributed by atoms with Crippen LogP contribution in [0.15, 0.2) is 71.6 Å². The molecule has 3 rings (SSSR count). The third-order valence-electron chi connectivity index (χ3n) is 4.99. The molecule has 0 aliphatic rings. The van der Waals surface area contributed by atoms with Crippen LogP contribution in [-0.2, 0) is 21.4 Å². The van der Waals surface area contributed by atoms with Crippen LogP contribution >= 0.6 is 11.6 Å². The van der Waals surface area contributed by atoms with Crippen molar-refractivity contribution in [3.8, 4) is 0 Å². The van der Waals surface area contributed by atoms with Gasteiger partial charge in [0.25, 0.3) is 10.0 Å². The lowest BCUT2D eigenvalue weighted by molar-refractivity contribution is -0.119. The lowest BCUT2D eigenvalue weighted by atomic mass is 10.1. The monoisotopic (exact) mass is 486 g/mol. The summed E-state index contributed by atoms with van der Waals surface area (Å²) < 4.78 is 28.0. The summed E-state index contributed by atoms with van der Waals surface area (Å²) in [4.78, 5) is 24.0. The first-order valence-corrected chi connectivity index (χ1v) is 11.8. The maximum absolute atomic E-state index is 13.5. The highest BCUT2D eigenvalue weighted by Gasteiger charge is 2.28. The number of anilines is 1. The summed E-state index contributed by atoms with van der Waals surface area (Å²) in [5.41, 5.74) is 2.52. The summed E-state index contributed by atoms with van der Waals surface area (Å²) in [6.07, 6.45) is 0. The number of hydrogen-bond acceptors (Lipinski definition) is 4. The molecule has 0 unspecified atom stereocenters. The largest absolute Gasteiger partial charge is 0.478 e. The van der Waals surface area contributed by atoms with Gasteiger partial charge in [-0.25, -0.2) is 13.2 Å². The third-order valence-corrected chi connectivity index (χ3v) is 7.00. The van der Waals surface area contributed by atoms with Gasteiger partial charge in [0.2, 0.25) is 5.91 Å². The van der Waals surface area contributed by atoms with Crippen molar-refractivity contribution < 1.29 is 23.1 Å². The summed E-state index contributed by atoms with van der Waals surface area (Å²) in [7, 11) is -4.05. The van der Waals surface area contributed by atoms with E-state index in [1.165, 1.54) is 24.3 Å². The van der Waals surface area contributed by atoms with Crippen LogP contribution in [0, 0.1) is 13.8 Å². The zero-order valence-corrected chi connectivity index (χ0v) is 19.7. The fourth-order valence-electron chi connectivity index (χ4n) is 3.24. The average Bonchev–Trinajstić information content (AvgIpc) is 2.77. The van der Waals surface area contributed by atoms with E-state index >= 15 is 0 Å². The van der Waals surface area contributed by atoms with Gasteiger partial charge in [-0.15, -0.1) is 0 Å². The normalized spacial score (nSPS) is 11.1. The SMILES string of the molecule is Cc1ccc(S(=O)(=O)N(CC(=O)NCc2cccc(C(=O)O)c2)c2ccc(Cl)cc2C)cc1. The minimum Gasteiger partial charge on any atom is -0.478 e. The Morgan fingerprint density at radius 3 is 2.33 bits per heavy atom. The quantitative estimate of drug-likeness (QED) is 0.497. The van der Waals surface area contributed by atoms with Crippen molar-refractivity contribution in [1.29, 1.82) is 0 Å². The first kappa shape index (κ1) is 24.3. The Morgan fingerprint density at radius 1 is 1.00 bits per heavy atom. The molecule has 0 radical (unpaired) electrons. The standard InChI is InChI=1S/C24H23ClN2O5S/c1-16-6-9-21(10-7-16)33(31,32)27(22-11-8-20(25)12-17(22)2)15-23(28)26-14-18-4-3-5-19(13-18)24(29)30/h3-13H,14-15H2,1-2H3,(H,26,28)(H,29,30). The Hall–Kier alpha value is -3.36. The number of nitrogens with zero attached hydrogens (tertiary/aromatic N) is 1. The number of halogens is 1. The van der Waals surface area contributed by atoms with E-state index in [1.807, 2.05) is 6.92 Å². The Balaban J connectivity index is 1.88. The van der Waals surface area contributed by atoms with Gasteiger partial charge in [-0.2, -0.15) is 0 Å². The number of sulfonamides is 1. The molecule has 0 saturated heterocycles. The molecule has 33 heavy (non-hydrogen) atoms. The molecule has 7 nitrogen and oxygen atoms in total. The van der Waals surface area contributed by atoms with Crippen LogP contribution in [0.2, 0.25) is 5.02 Å². The highest BCUT2D eigenvalue weighted by Crippen LogP contribution is 2.29. The van der Waals surface area contributed by atoms with Gasteiger partial charge in [0.1, 0.15) is 6.54 Å². The molecule has 3 aromatic rings. The van der Waals surface area contributed by atoms with Crippen molar-refractivity contribution in [3.63, 3.8) is 0 Å². The lowest BCUT2D eigenvalue weighted by Gasteiger charge is -2.26. The second-order valence-electron chi connectivity index (χ2n) is 7.54. The van der Waals surface area contributed by atoms with Crippen molar-refractivity contribution in [2.24, 2.45) is 0 Å². The maximum Gasteiger partial charge on any atom is 0.335 e. The molecule has 172 valence electrons. The molecule has 0 aromatic heterocycles. The fourth-order valence-corrected chi connectivity index (χ4v) is 4.95. The van der Waals surface area contributed by atoms with Gasteiger partial charge >= 0.3 is 5.97 Å². The fraction of sp³-hybridized carbons (Fsp3) is 0.167. The Labute approximate surface area is 197 Å². The second kappa shape index (κ2) is 10.1. The number of carbonyl (C=O) groups is 2. The molecule has 0 aliphatic carbocycles. The van der Waals surface area contributed by atoms with Crippen LogP contribution in [-0.4, -0.2) is 31.9 Å². The zero-order chi connectivity index (χ0) is 24.2. The third kappa shape index (κ3) is 5.91. The highest BCUT2D eigenvalue weighted by molar-refractivity contribution is 7.92. The maximum atomic E-state index is 13.5. The van der Waals surface area contributed by atoms with Gasteiger partial charge in [-0.05, 0) is 67.4 Å². The smallest absolute Gasteiger partial charge is 0.335 e. The van der Waals surface area contributed by atoms with Gasteiger partial charge < -0.3 is 10.4 Å². The number of carboxylic acid groups (broad SMARTS) is 1. The van der Waals surface area contributed by atoms with Crippen LogP contribution in [0.1, 0.15) is 27.0 Å². The van der Waals surface area contributed by atoms with E-state index in [0.717, 1.165) is 9.87 Å². The predicted octanol–water partition coefficient (Wildman–Crippen LogP) is 4.17. The molecule has 0 atom stereocenters. The van der Waals surface area contributed by atoms with Crippen molar-refractivity contribution in [2.75, 3.05) is 10.8 Å². The van der Waals surface area contributed by atoms with Gasteiger partial charge in [-0.3, -0.25) is 9.10 Å². The molecule has 0 heterocycles. The molecule has 1 amide bonds. The van der Waals surface area contributed by atoms with Crippen molar-refractivity contribution in [2.45, 2.75) is 25.3 Å². The van der Waals surface area contributed by atoms with Crippen molar-refractivity contribution >= 4 is 39.2 Å². The van der Waals surface area contributed by atoms with E-state index < -0.39 is 28.4 Å². The minimum absolute atomic E-state index is 0.0535. The van der Waals surface area contributed by atoms with Crippen LogP contribution in [0.3, 0.4) is 0 Å². The molecule has 0 bridgehead atoms. The zero-order valence-electron chi connectivity index (χ0n) is 18.1. The Bertz CT molecular complexity index is 1290. The topological polar surface area (TPSA) is 104 Å². The Morgan fingerprint density at radius 2 is 1.70 bits per heavy atom. The highest BCUT2D eigenvalue weighted by atomic mass is 35.5. The van der Waals surface area contributed by atoms with E-state index in [2.05, 4.69) is 5.32 Å². The summed E-state index contributed by atoms with van der Waals surface area (Å²) in [6.45, 7) is 3.16. The van der Waals surface area contributed by atoms with Crippen molar-refractivity contribution in [3.05, 3.63) is 94.0 Å². The number of carbonyl (C=O) groups excluding carboxylic acids is 1. The molecule has 2 N–H and O–H groups in total. The van der Waals surface area contributed by atoms with Gasteiger partial charge in [0, 0.05) is 11.6 Å². The number of aryl methyl sites for hydroxylation is 2. The van der Waals surface area contributed by atoms with Gasteiger partial charge in [0.15, 0.2) is 0 Å². The Kier molecular flexibility index (Phi) is 7.40. The first-order chi connectivity index (χ1) is 15.6. The number of hydrogen-bond donors (Lipinski definition) is 2. The number of rotatable bonds is 8. The summed E-state index contributed by atoms with van der Waals surface area (Å²) in [5.74, 6) is -1.61. The lowest BCUT2D eigenvalue weighted by Crippen LogP contribution is -2.41. The number of carboxylic acids is 1. The number of aromatic carboxylic acids is 1. The van der Waals surface area contributed by atoms with Crippen LogP contribution in [0.5, 0.6) is 0 Å². The van der Waals surface area contributed by atoms with Crippen LogP contribution in [0.25, 0.3) is 0 Å². The number of amides is 1. The molecular formula is C24H23ClN2O5S. The van der Waals surface area contributed by atoms with E-state index in [4.69, 9.17) is 16.7 Å². The predicted molar refractivity (Wildman–Crippen MR) is 127 cm³/mol. The van der Waals surface area contributed by atoms with Crippen LogP contribution in [0.4, 0.5) is 5.69 Å². The molecule has 0 fully saturated rings. The summed E-state index contributed by atoms with van der Waals surface area (Å²) in [6, 6.07) is 17.3. The van der Waals surface area contributed by atoms with E-state index in [0.29, 0.717) is 21.8 Å². The van der Waals surface area contributed by atoms with E-state index in [-0.39, 0.29) is 17.0 Å². The second-order valence-corrected chi connectivity index (χ2v) is 9.84. The van der Waals surface area contributed by atoms with Crippen molar-refractivity contribution in [1.82, 2.24) is 5.32 Å². The molecule has 3 aromatic carbocycles. The first-order valence-electron chi connectivity index (χ1n) is 10.0.